The molecule has 0 radical (unpaired) electrons. The number of halogens is 4. The Labute approximate surface area is 182 Å². The summed E-state index contributed by atoms with van der Waals surface area (Å²) in [6.07, 6.45) is -4.61. The molecule has 31 heavy (non-hydrogen) atoms. The molecule has 1 heterocycles. The van der Waals surface area contributed by atoms with Crippen LogP contribution in [0.4, 0.5) is 23.2 Å². The Morgan fingerprint density at radius 3 is 2.52 bits per heavy atom. The van der Waals surface area contributed by atoms with Crippen LogP contribution in [0.3, 0.4) is 0 Å². The van der Waals surface area contributed by atoms with Crippen LogP contribution < -0.4 is 5.32 Å². The Morgan fingerprint density at radius 2 is 1.87 bits per heavy atom. The Hall–Kier alpha value is -2.48. The van der Waals surface area contributed by atoms with Crippen LogP contribution in [0.25, 0.3) is 10.9 Å². The van der Waals surface area contributed by atoms with Gasteiger partial charge < -0.3 is 10.4 Å². The van der Waals surface area contributed by atoms with Crippen molar-refractivity contribution >= 4 is 28.4 Å². The third-order valence-corrected chi connectivity index (χ3v) is 6.57. The fraction of sp³-hybridized carbons (Fsp3) is 0.348. The first-order chi connectivity index (χ1) is 14.6. The summed E-state index contributed by atoms with van der Waals surface area (Å²) in [5, 5.41) is 13.2. The molecule has 0 aliphatic carbocycles. The molecule has 8 heteroatoms. The topological polar surface area (TPSA) is 45.2 Å². The lowest BCUT2D eigenvalue weighted by Crippen LogP contribution is -2.46. The van der Waals surface area contributed by atoms with Gasteiger partial charge in [0, 0.05) is 34.2 Å². The number of rotatable bonds is 7. The van der Waals surface area contributed by atoms with Gasteiger partial charge in [0.1, 0.15) is 11.6 Å². The van der Waals surface area contributed by atoms with Gasteiger partial charge in [-0.05, 0) is 49.9 Å². The van der Waals surface area contributed by atoms with Crippen molar-refractivity contribution in [3.05, 3.63) is 65.6 Å². The maximum atomic E-state index is 14.8. The lowest BCUT2D eigenvalue weighted by Gasteiger charge is -2.40. The van der Waals surface area contributed by atoms with Crippen molar-refractivity contribution in [1.82, 2.24) is 4.98 Å². The number of hydrogen-bond donors (Lipinski definition) is 2. The molecule has 0 spiro atoms. The molecule has 2 atom stereocenters. The molecule has 2 aromatic carbocycles. The first kappa shape index (κ1) is 23.2. The molecule has 166 valence electrons. The molecule has 0 aliphatic rings. The van der Waals surface area contributed by atoms with Crippen molar-refractivity contribution in [1.29, 1.82) is 0 Å². The van der Waals surface area contributed by atoms with Crippen LogP contribution in [-0.2, 0) is 0 Å². The van der Waals surface area contributed by atoms with E-state index in [4.69, 9.17) is 0 Å². The van der Waals surface area contributed by atoms with Crippen molar-refractivity contribution in [2.24, 2.45) is 5.41 Å². The van der Waals surface area contributed by atoms with Crippen molar-refractivity contribution in [3.63, 3.8) is 0 Å². The zero-order valence-corrected chi connectivity index (χ0v) is 18.2. The summed E-state index contributed by atoms with van der Waals surface area (Å²) in [6, 6.07) is 10.5. The van der Waals surface area contributed by atoms with Crippen molar-refractivity contribution in [3.8, 4) is 5.75 Å². The minimum Gasteiger partial charge on any atom is -0.508 e. The monoisotopic (exact) mass is 452 g/mol. The van der Waals surface area contributed by atoms with Gasteiger partial charge in [0.15, 0.2) is 0 Å². The van der Waals surface area contributed by atoms with Gasteiger partial charge >= 0.3 is 6.18 Å². The minimum atomic E-state index is -4.61. The quantitative estimate of drug-likeness (QED) is 0.384. The van der Waals surface area contributed by atoms with E-state index in [0.29, 0.717) is 22.3 Å². The number of phenols is 1. The second-order valence-corrected chi connectivity index (χ2v) is 8.93. The number of nitrogens with one attached hydrogen (secondary N) is 1. The van der Waals surface area contributed by atoms with E-state index in [9.17, 15) is 22.7 Å². The second-order valence-electron chi connectivity index (χ2n) is 7.66. The van der Waals surface area contributed by atoms with Crippen molar-refractivity contribution in [2.45, 2.75) is 33.0 Å². The molecule has 0 saturated heterocycles. The number of aryl methyl sites for hydroxylation is 1. The van der Waals surface area contributed by atoms with Crippen LogP contribution >= 0.6 is 11.8 Å². The molecule has 1 unspecified atom stereocenters. The molecule has 0 saturated carbocycles. The molecular formula is C23H24F4N2OS. The number of aromatic hydroxyl groups is 1. The highest BCUT2D eigenvalue weighted by Crippen LogP contribution is 2.51. The molecule has 0 fully saturated rings. The highest BCUT2D eigenvalue weighted by molar-refractivity contribution is 7.99. The number of hydrogen-bond acceptors (Lipinski definition) is 4. The normalized spacial score (nSPS) is 14.9. The number of aromatic nitrogens is 1. The number of phenolic OH excluding ortho intramolecular Hbond substituents is 1. The first-order valence-corrected chi connectivity index (χ1v) is 11.0. The second kappa shape index (κ2) is 8.94. The Morgan fingerprint density at radius 1 is 1.13 bits per heavy atom. The largest absolute Gasteiger partial charge is 0.508 e. The number of benzene rings is 2. The number of alkyl halides is 3. The Balaban J connectivity index is 2.19. The fourth-order valence-corrected chi connectivity index (χ4v) is 4.47. The maximum absolute atomic E-state index is 14.8. The third kappa shape index (κ3) is 4.74. The third-order valence-electron chi connectivity index (χ3n) is 5.36. The fourth-order valence-electron chi connectivity index (χ4n) is 3.51. The number of anilines is 1. The first-order valence-electron chi connectivity index (χ1n) is 9.82. The standard InChI is InChI=1S/C23H24F4N2OS/c1-4-31-13-22(3,23(25,26)27)21(16-11-9-15(30)12-18(16)24)29-20-7-5-6-19-17(20)10-8-14(2)28-19/h5-12,21,29-30H,4,13H2,1-3H3/t21?,22-/m0/s1. The van der Waals surface area contributed by atoms with E-state index in [1.165, 1.54) is 12.1 Å². The van der Waals surface area contributed by atoms with Gasteiger partial charge in [-0.15, -0.1) is 0 Å². The highest BCUT2D eigenvalue weighted by Gasteiger charge is 2.56. The van der Waals surface area contributed by atoms with Gasteiger partial charge in [0.05, 0.1) is 17.0 Å². The number of pyridine rings is 1. The van der Waals surface area contributed by atoms with Crippen molar-refractivity contribution < 1.29 is 22.7 Å². The van der Waals surface area contributed by atoms with Crippen LogP contribution in [0.5, 0.6) is 5.75 Å². The van der Waals surface area contributed by atoms with E-state index < -0.39 is 23.5 Å². The molecule has 1 aromatic heterocycles. The predicted molar refractivity (Wildman–Crippen MR) is 118 cm³/mol. The summed E-state index contributed by atoms with van der Waals surface area (Å²) in [5.41, 5.74) is -0.603. The van der Waals surface area contributed by atoms with E-state index in [1.807, 2.05) is 6.92 Å². The molecule has 0 bridgehead atoms. The lowest BCUT2D eigenvalue weighted by atomic mass is 9.79. The van der Waals surface area contributed by atoms with E-state index in [-0.39, 0.29) is 17.1 Å². The average molecular weight is 453 g/mol. The van der Waals surface area contributed by atoms with Crippen LogP contribution in [-0.4, -0.2) is 27.8 Å². The van der Waals surface area contributed by atoms with Gasteiger partial charge in [-0.3, -0.25) is 4.98 Å². The Bertz CT molecular complexity index is 1070. The molecule has 2 N–H and O–H groups in total. The average Bonchev–Trinajstić information content (AvgIpc) is 2.69. The van der Waals surface area contributed by atoms with Crippen LogP contribution in [0.1, 0.15) is 31.1 Å². The zero-order chi connectivity index (χ0) is 22.8. The summed E-state index contributed by atoms with van der Waals surface area (Å²) in [4.78, 5) is 4.43. The molecule has 3 nitrogen and oxygen atoms in total. The smallest absolute Gasteiger partial charge is 0.397 e. The molecular weight excluding hydrogens is 428 g/mol. The van der Waals surface area contributed by atoms with Crippen LogP contribution in [0.2, 0.25) is 0 Å². The summed E-state index contributed by atoms with van der Waals surface area (Å²) in [6.45, 7) is 4.72. The summed E-state index contributed by atoms with van der Waals surface area (Å²) < 4.78 is 58.0. The van der Waals surface area contributed by atoms with E-state index >= 15 is 0 Å². The molecule has 0 amide bonds. The van der Waals surface area contributed by atoms with E-state index in [1.54, 1.807) is 37.3 Å². The van der Waals surface area contributed by atoms with Crippen LogP contribution in [0.15, 0.2) is 48.5 Å². The SMILES string of the molecule is CCSC[C@@](C)(C(Nc1cccc2nc(C)ccc12)c1ccc(O)cc1F)C(F)(F)F. The molecule has 0 aliphatic heterocycles. The number of thioether (sulfide) groups is 1. The van der Waals surface area contributed by atoms with Gasteiger partial charge in [0.2, 0.25) is 0 Å². The lowest BCUT2D eigenvalue weighted by molar-refractivity contribution is -0.215. The van der Waals surface area contributed by atoms with E-state index in [2.05, 4.69) is 10.3 Å². The van der Waals surface area contributed by atoms with E-state index in [0.717, 1.165) is 30.4 Å². The highest BCUT2D eigenvalue weighted by atomic mass is 32.2. The van der Waals surface area contributed by atoms with Gasteiger partial charge in [0.25, 0.3) is 0 Å². The predicted octanol–water partition coefficient (Wildman–Crippen LogP) is 6.86. The van der Waals surface area contributed by atoms with Crippen molar-refractivity contribution in [2.75, 3.05) is 16.8 Å². The summed E-state index contributed by atoms with van der Waals surface area (Å²) in [7, 11) is 0. The van der Waals surface area contributed by atoms with Crippen LogP contribution in [0, 0.1) is 18.2 Å². The summed E-state index contributed by atoms with van der Waals surface area (Å²) >= 11 is 1.15. The maximum Gasteiger partial charge on any atom is 0.397 e. The Kier molecular flexibility index (Phi) is 6.69. The zero-order valence-electron chi connectivity index (χ0n) is 17.4. The molecule has 3 aromatic rings. The van der Waals surface area contributed by atoms with Gasteiger partial charge in [-0.1, -0.05) is 19.1 Å². The van der Waals surface area contributed by atoms with Gasteiger partial charge in [-0.25, -0.2) is 4.39 Å². The van der Waals surface area contributed by atoms with Gasteiger partial charge in [-0.2, -0.15) is 24.9 Å². The number of nitrogens with zero attached hydrogens (tertiary/aromatic N) is 1. The number of fused-ring (bicyclic) bond motifs is 1. The summed E-state index contributed by atoms with van der Waals surface area (Å²) in [5.74, 6) is -1.01. The molecule has 3 rings (SSSR count). The minimum absolute atomic E-state index is 0.161.